The second-order valence-electron chi connectivity index (χ2n) is 2.53. The number of hydrogen-bond donors (Lipinski definition) is 2. The van der Waals surface area contributed by atoms with Crippen LogP contribution in [0, 0.1) is 12.7 Å². The van der Waals surface area contributed by atoms with Crippen LogP contribution in [0.2, 0.25) is 0 Å². The summed E-state index contributed by atoms with van der Waals surface area (Å²) in [5, 5.41) is 18.7. The smallest absolute Gasteiger partial charge is 0.423 e. The molecule has 1 aromatic heterocycles. The molecule has 0 fully saturated rings. The highest BCUT2D eigenvalue weighted by Crippen LogP contribution is 2.04. The van der Waals surface area contributed by atoms with E-state index in [0.29, 0.717) is 12.3 Å². The van der Waals surface area contributed by atoms with Gasteiger partial charge in [-0.15, -0.1) is 0 Å². The molecule has 0 spiro atoms. The van der Waals surface area contributed by atoms with E-state index >= 15 is 0 Å². The molecule has 14 heavy (non-hydrogen) atoms. The van der Waals surface area contributed by atoms with E-state index in [1.165, 1.54) is 0 Å². The van der Waals surface area contributed by atoms with E-state index in [2.05, 4.69) is 4.98 Å². The zero-order valence-electron chi connectivity index (χ0n) is 19.1. The predicted molar refractivity (Wildman–Crippen MR) is 57.3 cm³/mol. The van der Waals surface area contributed by atoms with Crippen LogP contribution in [-0.2, 0) is 6.37 Å². The lowest BCUT2D eigenvalue weighted by Gasteiger charge is -2.08. The fraction of sp³-hybridized carbons (Fsp3) is 0.500. The molecule has 76 valence electrons. The van der Waals surface area contributed by atoms with Crippen molar-refractivity contribution in [3.05, 3.63) is 23.5 Å². The van der Waals surface area contributed by atoms with E-state index in [4.69, 9.17) is 16.4 Å². The zero-order chi connectivity index (χ0) is 20.9. The summed E-state index contributed by atoms with van der Waals surface area (Å²) in [6, 6.07) is 0.549. The first kappa shape index (κ1) is 3.06. The highest BCUT2D eigenvalue weighted by Gasteiger charge is 2.15. The van der Waals surface area contributed by atoms with Gasteiger partial charge in [0.15, 0.2) is 0 Å². The molecule has 3 nitrogen and oxygen atoms in total. The van der Waals surface area contributed by atoms with Crippen molar-refractivity contribution in [2.75, 3.05) is 0 Å². The Balaban J connectivity index is 3.75. The average molecular weight is 205 g/mol. The van der Waals surface area contributed by atoms with Gasteiger partial charge in [-0.3, -0.25) is 4.98 Å². The van der Waals surface area contributed by atoms with Crippen molar-refractivity contribution in [2.24, 2.45) is 5.89 Å². The second kappa shape index (κ2) is 4.57. The fourth-order valence-corrected chi connectivity index (χ4v) is 0.881. The summed E-state index contributed by atoms with van der Waals surface area (Å²) in [7, 11) is -2.37. The summed E-state index contributed by atoms with van der Waals surface area (Å²) < 4.78 is 90.0. The number of nitrogens with zero attached hydrogens (tertiary/aromatic N) is 1. The number of rotatable bonds is 3. The molecule has 0 atom stereocenters. The topological polar surface area (TPSA) is 53.4 Å². The van der Waals surface area contributed by atoms with Gasteiger partial charge in [0.1, 0.15) is 0 Å². The monoisotopic (exact) mass is 205 g/mol. The Kier molecular flexibility index (Phi) is 1.00. The second-order valence-corrected chi connectivity index (χ2v) is 2.53. The van der Waals surface area contributed by atoms with Gasteiger partial charge in [-0.2, -0.15) is 0 Å². The van der Waals surface area contributed by atoms with Gasteiger partial charge in [0.05, 0.1) is 0 Å². The van der Waals surface area contributed by atoms with Crippen LogP contribution in [0.25, 0.3) is 0 Å². The van der Waals surface area contributed by atoms with Crippen LogP contribution >= 0.6 is 0 Å². The first-order valence-electron chi connectivity index (χ1n) is 9.65. The van der Waals surface area contributed by atoms with Gasteiger partial charge in [-0.25, -0.2) is 0 Å². The van der Waals surface area contributed by atoms with Gasteiger partial charge in [0, 0.05) is 28.3 Å². The van der Waals surface area contributed by atoms with Crippen LogP contribution in [0.15, 0.2) is 12.3 Å². The third-order valence-corrected chi connectivity index (χ3v) is 1.47. The molecule has 0 aliphatic rings. The van der Waals surface area contributed by atoms with Crippen molar-refractivity contribution in [2.45, 2.75) is 26.9 Å². The molecular formula is C10H16BNO2. The van der Waals surface area contributed by atoms with Gasteiger partial charge in [-0.05, 0) is 36.2 Å². The van der Waals surface area contributed by atoms with E-state index in [0.717, 1.165) is 0 Å². The van der Waals surface area contributed by atoms with E-state index < -0.39 is 56.7 Å². The standard InChI is InChI=1S/C10H16BNO2/c1-7(2)4-9-5-10(11(13)14)8(3)6-12-9/h5-7,13-14H,4H2,1-3H3/i1D3,2D3,3D3,4D2,7D. The number of aromatic nitrogens is 1. The minimum Gasteiger partial charge on any atom is -0.423 e. The van der Waals surface area contributed by atoms with Crippen molar-refractivity contribution in [3.63, 3.8) is 0 Å². The molecule has 0 unspecified atom stereocenters. The molecule has 0 aromatic carbocycles. The molecular weight excluding hydrogens is 177 g/mol. The largest absolute Gasteiger partial charge is 0.488 e. The van der Waals surface area contributed by atoms with Crippen LogP contribution in [0.5, 0.6) is 0 Å². The maximum absolute atomic E-state index is 9.37. The SMILES string of the molecule is [2H]C([2H])([2H])c1cnc(C([2H])([2H])C([2H])(C([2H])([2H])[2H])C([2H])([2H])[2H])cc1B(O)O. The van der Waals surface area contributed by atoms with Gasteiger partial charge >= 0.3 is 7.12 Å². The predicted octanol–water partition coefficient (Wildman–Crippen LogP) is 0.268. The summed E-state index contributed by atoms with van der Waals surface area (Å²) in [5.74, 6) is -3.65. The molecule has 1 heterocycles. The fourth-order valence-electron chi connectivity index (χ4n) is 0.881. The van der Waals surface area contributed by atoms with Crippen LogP contribution in [0.4, 0.5) is 0 Å². The minimum atomic E-state index is -3.65. The molecule has 0 saturated heterocycles. The molecule has 0 aliphatic heterocycles. The Morgan fingerprint density at radius 2 is 2.50 bits per heavy atom. The Morgan fingerprint density at radius 3 is 3.07 bits per heavy atom. The Labute approximate surface area is 102 Å². The Hall–Kier alpha value is -0.865. The van der Waals surface area contributed by atoms with Crippen LogP contribution in [0.3, 0.4) is 0 Å². The lowest BCUT2D eigenvalue weighted by molar-refractivity contribution is 0.425. The summed E-state index contributed by atoms with van der Waals surface area (Å²) in [4.78, 5) is 3.48. The van der Waals surface area contributed by atoms with Crippen molar-refractivity contribution in [1.82, 2.24) is 4.98 Å². The van der Waals surface area contributed by atoms with Crippen LogP contribution in [-0.4, -0.2) is 22.2 Å². The highest BCUT2D eigenvalue weighted by molar-refractivity contribution is 6.59. The molecule has 0 aliphatic carbocycles. The highest BCUT2D eigenvalue weighted by atomic mass is 16.4. The minimum absolute atomic E-state index is 0.549. The molecule has 4 heteroatoms. The van der Waals surface area contributed by atoms with E-state index in [1.807, 2.05) is 0 Å². The normalized spacial score (nSPS) is 27.9. The van der Waals surface area contributed by atoms with E-state index in [-0.39, 0.29) is 0 Å². The van der Waals surface area contributed by atoms with Crippen molar-refractivity contribution < 1.29 is 26.5 Å². The lowest BCUT2D eigenvalue weighted by Crippen LogP contribution is -2.32. The van der Waals surface area contributed by atoms with Crippen molar-refractivity contribution >= 4 is 12.6 Å². The average Bonchev–Trinajstić information content (AvgIpc) is 2.42. The quantitative estimate of drug-likeness (QED) is 0.696. The lowest BCUT2D eigenvalue weighted by atomic mass is 9.77. The van der Waals surface area contributed by atoms with Gasteiger partial charge in [0.2, 0.25) is 0 Å². The number of aryl methyl sites for hydroxylation is 1. The van der Waals surface area contributed by atoms with Crippen molar-refractivity contribution in [3.8, 4) is 0 Å². The zero-order valence-corrected chi connectivity index (χ0v) is 7.07. The molecule has 0 radical (unpaired) electrons. The molecule has 2 N–H and O–H groups in total. The van der Waals surface area contributed by atoms with E-state index in [1.54, 1.807) is 0 Å². The molecule has 0 bridgehead atoms. The molecule has 0 amide bonds. The summed E-state index contributed by atoms with van der Waals surface area (Å²) in [6.45, 7) is -10.1. The maximum atomic E-state index is 9.37. The summed E-state index contributed by atoms with van der Waals surface area (Å²) in [6.07, 6.45) is -2.84. The first-order valence-corrected chi connectivity index (χ1v) is 3.65. The van der Waals surface area contributed by atoms with Crippen LogP contribution in [0.1, 0.15) is 41.4 Å². The van der Waals surface area contributed by atoms with Crippen molar-refractivity contribution in [1.29, 1.82) is 0 Å². The van der Waals surface area contributed by atoms with Crippen LogP contribution < -0.4 is 5.46 Å². The molecule has 0 saturated carbocycles. The number of hydrogen-bond acceptors (Lipinski definition) is 3. The maximum Gasteiger partial charge on any atom is 0.488 e. The third-order valence-electron chi connectivity index (χ3n) is 1.47. The summed E-state index contributed by atoms with van der Waals surface area (Å²) in [5.41, 5.74) is -2.25. The first-order chi connectivity index (χ1) is 11.3. The summed E-state index contributed by atoms with van der Waals surface area (Å²) >= 11 is 0. The van der Waals surface area contributed by atoms with Gasteiger partial charge in [-0.1, -0.05) is 13.7 Å². The van der Waals surface area contributed by atoms with E-state index in [9.17, 15) is 10.0 Å². The number of pyridine rings is 1. The van der Waals surface area contributed by atoms with Gasteiger partial charge < -0.3 is 10.0 Å². The Morgan fingerprint density at radius 1 is 1.71 bits per heavy atom. The third kappa shape index (κ3) is 2.82. The Bertz CT molecular complexity index is 651. The van der Waals surface area contributed by atoms with Gasteiger partial charge in [0.25, 0.3) is 0 Å². The molecule has 1 rings (SSSR count). The molecule has 1 aromatic rings.